The number of nitrogens with zero attached hydrogens (tertiary/aromatic N) is 1. The molecule has 102 valence electrons. The number of nitrogens with one attached hydrogen (secondary N) is 1. The zero-order valence-electron chi connectivity index (χ0n) is 12.3. The molecule has 1 heterocycles. The zero-order chi connectivity index (χ0) is 13.6. The minimum absolute atomic E-state index is 0.124. The maximum atomic E-state index is 6.06. The van der Waals surface area contributed by atoms with Crippen molar-refractivity contribution < 1.29 is 4.74 Å². The summed E-state index contributed by atoms with van der Waals surface area (Å²) >= 11 is 0. The van der Waals surface area contributed by atoms with Gasteiger partial charge < -0.3 is 10.1 Å². The number of hydrogen-bond donors (Lipinski definition) is 1. The van der Waals surface area contributed by atoms with Crippen molar-refractivity contribution in [1.29, 1.82) is 0 Å². The third-order valence-corrected chi connectivity index (χ3v) is 2.72. The maximum absolute atomic E-state index is 6.06. The van der Waals surface area contributed by atoms with E-state index in [9.17, 15) is 0 Å². The first kappa shape index (κ1) is 15.0. The van der Waals surface area contributed by atoms with E-state index in [-0.39, 0.29) is 11.6 Å². The average molecular weight is 250 g/mol. The second-order valence-corrected chi connectivity index (χ2v) is 5.75. The van der Waals surface area contributed by atoms with Gasteiger partial charge in [-0.25, -0.2) is 0 Å². The van der Waals surface area contributed by atoms with Crippen LogP contribution in [0.3, 0.4) is 0 Å². The van der Waals surface area contributed by atoms with Crippen LogP contribution in [-0.4, -0.2) is 23.2 Å². The van der Waals surface area contributed by atoms with E-state index in [0.717, 1.165) is 30.8 Å². The van der Waals surface area contributed by atoms with Crippen molar-refractivity contribution in [3.8, 4) is 5.75 Å². The molecule has 0 bridgehead atoms. The molecule has 0 saturated carbocycles. The van der Waals surface area contributed by atoms with Gasteiger partial charge in [-0.2, -0.15) is 0 Å². The first-order valence-electron chi connectivity index (χ1n) is 6.75. The fourth-order valence-electron chi connectivity index (χ4n) is 1.72. The van der Waals surface area contributed by atoms with Crippen LogP contribution in [0.5, 0.6) is 5.75 Å². The molecule has 0 saturated heterocycles. The summed E-state index contributed by atoms with van der Waals surface area (Å²) < 4.78 is 6.06. The van der Waals surface area contributed by atoms with Gasteiger partial charge in [-0.3, -0.25) is 4.98 Å². The predicted molar refractivity (Wildman–Crippen MR) is 76.1 cm³/mol. The molecular weight excluding hydrogens is 224 g/mol. The largest absolute Gasteiger partial charge is 0.487 e. The Kier molecular flexibility index (Phi) is 5.60. The molecular formula is C15H26N2O. The Morgan fingerprint density at radius 3 is 2.67 bits per heavy atom. The molecule has 1 aromatic rings. The minimum Gasteiger partial charge on any atom is -0.487 e. The fraction of sp³-hybridized carbons (Fsp3) is 0.667. The molecule has 3 nitrogen and oxygen atoms in total. The van der Waals surface area contributed by atoms with E-state index < -0.39 is 0 Å². The number of aromatic nitrogens is 1. The third kappa shape index (κ3) is 5.50. The normalized spacial score (nSPS) is 13.4. The number of pyridine rings is 1. The Labute approximate surface area is 111 Å². The molecule has 0 aliphatic heterocycles. The Morgan fingerprint density at radius 2 is 2.11 bits per heavy atom. The van der Waals surface area contributed by atoms with Crippen molar-refractivity contribution in [2.45, 2.75) is 59.1 Å². The molecule has 1 aromatic heterocycles. The summed E-state index contributed by atoms with van der Waals surface area (Å²) in [4.78, 5) is 4.26. The summed E-state index contributed by atoms with van der Waals surface area (Å²) in [6.07, 6.45) is 4.18. The van der Waals surface area contributed by atoms with Gasteiger partial charge in [-0.1, -0.05) is 13.3 Å². The van der Waals surface area contributed by atoms with Crippen molar-refractivity contribution in [3.63, 3.8) is 0 Å². The zero-order valence-corrected chi connectivity index (χ0v) is 12.3. The lowest BCUT2D eigenvalue weighted by Crippen LogP contribution is -2.42. The Morgan fingerprint density at radius 1 is 1.39 bits per heavy atom. The van der Waals surface area contributed by atoms with E-state index >= 15 is 0 Å². The highest BCUT2D eigenvalue weighted by Gasteiger charge is 2.15. The Hall–Kier alpha value is -1.09. The van der Waals surface area contributed by atoms with Crippen LogP contribution in [0, 0.1) is 6.92 Å². The number of ether oxygens (including phenoxy) is 1. The number of hydrogen-bond acceptors (Lipinski definition) is 3. The van der Waals surface area contributed by atoms with Gasteiger partial charge >= 0.3 is 0 Å². The number of aryl methyl sites for hydroxylation is 1. The topological polar surface area (TPSA) is 34.1 Å². The third-order valence-electron chi connectivity index (χ3n) is 2.72. The van der Waals surface area contributed by atoms with Crippen molar-refractivity contribution in [2.75, 3.05) is 6.54 Å². The predicted octanol–water partition coefficient (Wildman–Crippen LogP) is 3.33. The summed E-state index contributed by atoms with van der Waals surface area (Å²) in [5, 5.41) is 3.50. The quantitative estimate of drug-likeness (QED) is 0.841. The van der Waals surface area contributed by atoms with Gasteiger partial charge in [0.15, 0.2) is 0 Å². The molecule has 0 radical (unpaired) electrons. The monoisotopic (exact) mass is 250 g/mol. The van der Waals surface area contributed by atoms with Gasteiger partial charge in [-0.15, -0.1) is 0 Å². The SMILES string of the molecule is CCCC(CNC(C)(C)C)Oc1cccnc1C. The lowest BCUT2D eigenvalue weighted by molar-refractivity contribution is 0.173. The second-order valence-electron chi connectivity index (χ2n) is 5.75. The van der Waals surface area contributed by atoms with Gasteiger partial charge in [0.25, 0.3) is 0 Å². The maximum Gasteiger partial charge on any atom is 0.140 e. The molecule has 18 heavy (non-hydrogen) atoms. The van der Waals surface area contributed by atoms with E-state index in [2.05, 4.69) is 38.0 Å². The van der Waals surface area contributed by atoms with E-state index in [4.69, 9.17) is 4.74 Å². The molecule has 3 heteroatoms. The summed E-state index contributed by atoms with van der Waals surface area (Å²) in [5.41, 5.74) is 1.08. The lowest BCUT2D eigenvalue weighted by Gasteiger charge is -2.26. The second kappa shape index (κ2) is 6.74. The van der Waals surface area contributed by atoms with Crippen LogP contribution in [0.4, 0.5) is 0 Å². The van der Waals surface area contributed by atoms with Crippen LogP contribution < -0.4 is 10.1 Å². The highest BCUT2D eigenvalue weighted by atomic mass is 16.5. The van der Waals surface area contributed by atoms with Crippen LogP contribution in [0.2, 0.25) is 0 Å². The number of rotatable bonds is 6. The van der Waals surface area contributed by atoms with Gasteiger partial charge in [0.2, 0.25) is 0 Å². The first-order chi connectivity index (χ1) is 8.42. The summed E-state index contributed by atoms with van der Waals surface area (Å²) in [7, 11) is 0. The highest BCUT2D eigenvalue weighted by molar-refractivity contribution is 5.25. The highest BCUT2D eigenvalue weighted by Crippen LogP contribution is 2.17. The van der Waals surface area contributed by atoms with Gasteiger partial charge in [0.05, 0.1) is 5.69 Å². The molecule has 1 N–H and O–H groups in total. The van der Waals surface area contributed by atoms with E-state index in [0.29, 0.717) is 0 Å². The van der Waals surface area contributed by atoms with Gasteiger partial charge in [0, 0.05) is 18.3 Å². The minimum atomic E-state index is 0.124. The van der Waals surface area contributed by atoms with Crippen LogP contribution in [-0.2, 0) is 0 Å². The molecule has 0 spiro atoms. The van der Waals surface area contributed by atoms with Crippen molar-refractivity contribution in [3.05, 3.63) is 24.0 Å². The van der Waals surface area contributed by atoms with Crippen LogP contribution in [0.1, 0.15) is 46.2 Å². The van der Waals surface area contributed by atoms with Crippen molar-refractivity contribution in [1.82, 2.24) is 10.3 Å². The Balaban J connectivity index is 2.60. The molecule has 0 fully saturated rings. The molecule has 0 aliphatic rings. The van der Waals surface area contributed by atoms with E-state index in [1.807, 2.05) is 19.1 Å². The van der Waals surface area contributed by atoms with Gasteiger partial charge in [-0.05, 0) is 46.2 Å². The fourth-order valence-corrected chi connectivity index (χ4v) is 1.72. The summed E-state index contributed by atoms with van der Waals surface area (Å²) in [6.45, 7) is 11.5. The van der Waals surface area contributed by atoms with Crippen LogP contribution in [0.25, 0.3) is 0 Å². The van der Waals surface area contributed by atoms with Crippen LogP contribution in [0.15, 0.2) is 18.3 Å². The molecule has 1 unspecified atom stereocenters. The molecule has 1 rings (SSSR count). The van der Waals surface area contributed by atoms with Crippen molar-refractivity contribution in [2.24, 2.45) is 0 Å². The Bertz CT molecular complexity index is 358. The summed E-state index contributed by atoms with van der Waals surface area (Å²) in [5.74, 6) is 0.895. The average Bonchev–Trinajstić information content (AvgIpc) is 2.28. The molecule has 1 atom stereocenters. The lowest BCUT2D eigenvalue weighted by atomic mass is 10.1. The van der Waals surface area contributed by atoms with E-state index in [1.54, 1.807) is 6.20 Å². The first-order valence-corrected chi connectivity index (χ1v) is 6.75. The van der Waals surface area contributed by atoms with Gasteiger partial charge in [0.1, 0.15) is 11.9 Å². The smallest absolute Gasteiger partial charge is 0.140 e. The molecule has 0 aromatic carbocycles. The standard InChI is InChI=1S/C15H26N2O/c1-6-8-13(11-17-15(3,4)5)18-14-9-7-10-16-12(14)2/h7,9-10,13,17H,6,8,11H2,1-5H3. The van der Waals surface area contributed by atoms with Crippen LogP contribution >= 0.6 is 0 Å². The molecule has 0 amide bonds. The molecule has 0 aliphatic carbocycles. The van der Waals surface area contributed by atoms with Crippen molar-refractivity contribution >= 4 is 0 Å². The summed E-state index contributed by atoms with van der Waals surface area (Å²) in [6, 6.07) is 3.91. The van der Waals surface area contributed by atoms with E-state index in [1.165, 1.54) is 0 Å².